The van der Waals surface area contributed by atoms with Gasteiger partial charge >= 0.3 is 0 Å². The van der Waals surface area contributed by atoms with Crippen LogP contribution < -0.4 is 0 Å². The maximum absolute atomic E-state index is 14.0. The SMILES string of the molecule is CC(C)(C)CC(=O)N1CC[C@@]2(CCCN(Cc3cccc(F)c3F)C2=O)C1. The van der Waals surface area contributed by atoms with Crippen molar-refractivity contribution >= 4 is 11.8 Å². The molecule has 148 valence electrons. The molecule has 0 aromatic heterocycles. The van der Waals surface area contributed by atoms with E-state index in [0.29, 0.717) is 32.5 Å². The Morgan fingerprint density at radius 3 is 2.63 bits per heavy atom. The zero-order valence-electron chi connectivity index (χ0n) is 16.4. The first-order valence-electron chi connectivity index (χ1n) is 9.61. The van der Waals surface area contributed by atoms with E-state index in [1.807, 2.05) is 20.8 Å². The number of hydrogen-bond donors (Lipinski definition) is 0. The molecule has 4 nitrogen and oxygen atoms in total. The second-order valence-corrected chi connectivity index (χ2v) is 9.13. The van der Waals surface area contributed by atoms with Crippen LogP contribution in [0.4, 0.5) is 8.78 Å². The van der Waals surface area contributed by atoms with Gasteiger partial charge in [0.15, 0.2) is 11.6 Å². The highest BCUT2D eigenvalue weighted by molar-refractivity contribution is 5.86. The highest BCUT2D eigenvalue weighted by Gasteiger charge is 2.49. The maximum atomic E-state index is 14.0. The zero-order chi connectivity index (χ0) is 19.8. The largest absolute Gasteiger partial charge is 0.342 e. The monoisotopic (exact) mass is 378 g/mol. The number of amides is 2. The van der Waals surface area contributed by atoms with E-state index < -0.39 is 17.0 Å². The fraction of sp³-hybridized carbons (Fsp3) is 0.619. The number of nitrogens with zero attached hydrogens (tertiary/aromatic N) is 2. The molecule has 1 atom stereocenters. The molecular formula is C21H28F2N2O2. The Hall–Kier alpha value is -1.98. The zero-order valence-corrected chi connectivity index (χ0v) is 16.4. The summed E-state index contributed by atoms with van der Waals surface area (Å²) in [6.07, 6.45) is 2.65. The van der Waals surface area contributed by atoms with Gasteiger partial charge in [-0.1, -0.05) is 32.9 Å². The summed E-state index contributed by atoms with van der Waals surface area (Å²) in [5.41, 5.74) is -0.473. The van der Waals surface area contributed by atoms with Crippen LogP contribution in [0.5, 0.6) is 0 Å². The average molecular weight is 378 g/mol. The third-order valence-corrected chi connectivity index (χ3v) is 5.61. The van der Waals surface area contributed by atoms with Crippen molar-refractivity contribution in [1.82, 2.24) is 9.80 Å². The molecule has 0 radical (unpaired) electrons. The summed E-state index contributed by atoms with van der Waals surface area (Å²) < 4.78 is 27.5. The Balaban J connectivity index is 1.71. The molecule has 3 rings (SSSR count). The molecule has 2 fully saturated rings. The molecule has 0 bridgehead atoms. The third kappa shape index (κ3) is 4.14. The molecule has 0 N–H and O–H groups in total. The Labute approximate surface area is 159 Å². The van der Waals surface area contributed by atoms with Gasteiger partial charge in [0, 0.05) is 38.2 Å². The molecule has 0 unspecified atom stereocenters. The quantitative estimate of drug-likeness (QED) is 0.804. The van der Waals surface area contributed by atoms with Crippen molar-refractivity contribution in [2.45, 2.75) is 53.0 Å². The Morgan fingerprint density at radius 1 is 1.19 bits per heavy atom. The molecule has 2 aliphatic rings. The predicted molar refractivity (Wildman–Crippen MR) is 98.7 cm³/mol. The van der Waals surface area contributed by atoms with Gasteiger partial charge in [-0.25, -0.2) is 8.78 Å². The van der Waals surface area contributed by atoms with E-state index in [4.69, 9.17) is 0 Å². The molecule has 0 aliphatic carbocycles. The summed E-state index contributed by atoms with van der Waals surface area (Å²) in [7, 11) is 0. The van der Waals surface area contributed by atoms with Gasteiger partial charge in [0.25, 0.3) is 0 Å². The van der Waals surface area contributed by atoms with Crippen LogP contribution in [0.1, 0.15) is 52.0 Å². The smallest absolute Gasteiger partial charge is 0.230 e. The van der Waals surface area contributed by atoms with Gasteiger partial charge in [-0.15, -0.1) is 0 Å². The summed E-state index contributed by atoms with van der Waals surface area (Å²) >= 11 is 0. The summed E-state index contributed by atoms with van der Waals surface area (Å²) in [5, 5.41) is 0. The van der Waals surface area contributed by atoms with Crippen LogP contribution in [0.3, 0.4) is 0 Å². The lowest BCUT2D eigenvalue weighted by Gasteiger charge is -2.39. The van der Waals surface area contributed by atoms with E-state index >= 15 is 0 Å². The number of carbonyl (C=O) groups is 2. The van der Waals surface area contributed by atoms with Crippen LogP contribution >= 0.6 is 0 Å². The molecule has 1 aromatic carbocycles. The molecule has 27 heavy (non-hydrogen) atoms. The Morgan fingerprint density at radius 2 is 1.93 bits per heavy atom. The minimum atomic E-state index is -0.897. The van der Waals surface area contributed by atoms with Crippen LogP contribution in [-0.4, -0.2) is 41.2 Å². The Kier molecular flexibility index (Phi) is 5.28. The number of halogens is 2. The summed E-state index contributed by atoms with van der Waals surface area (Å²) in [6.45, 7) is 7.70. The van der Waals surface area contributed by atoms with Crippen molar-refractivity contribution in [3.05, 3.63) is 35.4 Å². The topological polar surface area (TPSA) is 40.6 Å². The van der Waals surface area contributed by atoms with Crippen LogP contribution in [0.2, 0.25) is 0 Å². The minimum Gasteiger partial charge on any atom is -0.342 e. The van der Waals surface area contributed by atoms with E-state index in [1.54, 1.807) is 9.80 Å². The first kappa shape index (κ1) is 19.8. The van der Waals surface area contributed by atoms with Gasteiger partial charge in [-0.3, -0.25) is 9.59 Å². The number of benzene rings is 1. The third-order valence-electron chi connectivity index (χ3n) is 5.61. The van der Waals surface area contributed by atoms with Crippen molar-refractivity contribution in [1.29, 1.82) is 0 Å². The summed E-state index contributed by atoms with van der Waals surface area (Å²) in [4.78, 5) is 29.2. The van der Waals surface area contributed by atoms with Crippen molar-refractivity contribution in [3.63, 3.8) is 0 Å². The number of carbonyl (C=O) groups excluding carboxylic acids is 2. The van der Waals surface area contributed by atoms with Gasteiger partial charge in [-0.2, -0.15) is 0 Å². The fourth-order valence-electron chi connectivity index (χ4n) is 4.21. The van der Waals surface area contributed by atoms with Crippen LogP contribution in [0.15, 0.2) is 18.2 Å². The van der Waals surface area contributed by atoms with Crippen molar-refractivity contribution in [3.8, 4) is 0 Å². The first-order valence-corrected chi connectivity index (χ1v) is 9.61. The second-order valence-electron chi connectivity index (χ2n) is 9.13. The molecule has 1 spiro atoms. The molecule has 2 heterocycles. The lowest BCUT2D eigenvalue weighted by atomic mass is 9.78. The molecule has 1 aromatic rings. The number of rotatable bonds is 3. The fourth-order valence-corrected chi connectivity index (χ4v) is 4.21. The normalized spacial score (nSPS) is 23.4. The van der Waals surface area contributed by atoms with Crippen molar-refractivity contribution in [2.75, 3.05) is 19.6 Å². The van der Waals surface area contributed by atoms with Gasteiger partial charge in [0.1, 0.15) is 0 Å². The van der Waals surface area contributed by atoms with E-state index in [0.717, 1.165) is 18.9 Å². The number of hydrogen-bond acceptors (Lipinski definition) is 2. The molecule has 2 amide bonds. The van der Waals surface area contributed by atoms with Crippen molar-refractivity contribution in [2.24, 2.45) is 10.8 Å². The lowest BCUT2D eigenvalue weighted by Crippen LogP contribution is -2.50. The predicted octanol–water partition coefficient (Wildman–Crippen LogP) is 3.74. The molecule has 6 heteroatoms. The van der Waals surface area contributed by atoms with E-state index in [2.05, 4.69) is 0 Å². The number of piperidine rings is 1. The second kappa shape index (κ2) is 7.21. The van der Waals surface area contributed by atoms with E-state index in [-0.39, 0.29) is 29.3 Å². The minimum absolute atomic E-state index is 0.0385. The van der Waals surface area contributed by atoms with Crippen LogP contribution in [0.25, 0.3) is 0 Å². The first-order chi connectivity index (χ1) is 12.6. The van der Waals surface area contributed by atoms with E-state index in [1.165, 1.54) is 12.1 Å². The maximum Gasteiger partial charge on any atom is 0.230 e. The molecular weight excluding hydrogens is 350 g/mol. The lowest BCUT2D eigenvalue weighted by molar-refractivity contribution is -0.147. The number of likely N-dealkylation sites (tertiary alicyclic amines) is 2. The Bertz CT molecular complexity index is 744. The standard InChI is InChI=1S/C21H28F2N2O2/c1-20(2,3)12-17(26)25-11-9-21(14-25)8-5-10-24(19(21)27)13-15-6-4-7-16(22)18(15)23/h4,6-7H,5,8-14H2,1-3H3/t21-/m0/s1. The van der Waals surface area contributed by atoms with Gasteiger partial charge in [-0.05, 0) is 30.7 Å². The molecule has 2 aliphatic heterocycles. The van der Waals surface area contributed by atoms with Gasteiger partial charge in [0.2, 0.25) is 11.8 Å². The van der Waals surface area contributed by atoms with Crippen molar-refractivity contribution < 1.29 is 18.4 Å². The summed E-state index contributed by atoms with van der Waals surface area (Å²) in [6, 6.07) is 4.05. The highest BCUT2D eigenvalue weighted by atomic mass is 19.2. The van der Waals surface area contributed by atoms with Crippen LogP contribution in [-0.2, 0) is 16.1 Å². The summed E-state index contributed by atoms with van der Waals surface area (Å²) in [5.74, 6) is -1.74. The molecule has 0 saturated carbocycles. The van der Waals surface area contributed by atoms with E-state index in [9.17, 15) is 18.4 Å². The van der Waals surface area contributed by atoms with Crippen LogP contribution in [0, 0.1) is 22.5 Å². The highest BCUT2D eigenvalue weighted by Crippen LogP contribution is 2.41. The van der Waals surface area contributed by atoms with Gasteiger partial charge < -0.3 is 9.80 Å². The average Bonchev–Trinajstić information content (AvgIpc) is 3.00. The van der Waals surface area contributed by atoms with Gasteiger partial charge in [0.05, 0.1) is 5.41 Å². The molecule has 2 saturated heterocycles.